The van der Waals surface area contributed by atoms with Crippen molar-refractivity contribution in [3.63, 3.8) is 0 Å². The van der Waals surface area contributed by atoms with Gasteiger partial charge >= 0.3 is 0 Å². The number of rotatable bonds is 5. The Kier molecular flexibility index (Phi) is 9.41. The summed E-state index contributed by atoms with van der Waals surface area (Å²) in [7, 11) is 0. The molecule has 0 bridgehead atoms. The number of hydrogen-bond acceptors (Lipinski definition) is 3. The fourth-order valence-corrected chi connectivity index (χ4v) is 14.0. The van der Waals surface area contributed by atoms with E-state index in [0.29, 0.717) is 0 Å². The lowest BCUT2D eigenvalue weighted by Crippen LogP contribution is -2.67. The number of nitrogens with zero attached hydrogens (tertiary/aromatic N) is 3. The molecule has 4 heteroatoms. The number of fused-ring (bicyclic) bond motifs is 3. The van der Waals surface area contributed by atoms with Crippen molar-refractivity contribution in [1.82, 2.24) is 0 Å². The summed E-state index contributed by atoms with van der Waals surface area (Å²) < 4.78 is 0. The first-order valence-electron chi connectivity index (χ1n) is 26.3. The van der Waals surface area contributed by atoms with Crippen LogP contribution in [0.4, 0.5) is 45.5 Å². The van der Waals surface area contributed by atoms with Crippen LogP contribution in [0.5, 0.6) is 0 Å². The third kappa shape index (κ3) is 6.28. The molecule has 2 atom stereocenters. The van der Waals surface area contributed by atoms with Crippen molar-refractivity contribution >= 4 is 68.6 Å². The third-order valence-corrected chi connectivity index (χ3v) is 18.1. The minimum Gasteiger partial charge on any atom is -0.334 e. The number of anilines is 8. The summed E-state index contributed by atoms with van der Waals surface area (Å²) in [6.07, 6.45) is 4.75. The van der Waals surface area contributed by atoms with Crippen molar-refractivity contribution in [1.29, 1.82) is 0 Å². The van der Waals surface area contributed by atoms with Crippen LogP contribution in [0.15, 0.2) is 170 Å². The van der Waals surface area contributed by atoms with Gasteiger partial charge in [-0.2, -0.15) is 0 Å². The molecule has 0 radical (unpaired) electrons. The van der Waals surface area contributed by atoms with Crippen LogP contribution in [0.2, 0.25) is 0 Å². The van der Waals surface area contributed by atoms with E-state index in [0.717, 1.165) is 12.8 Å². The Morgan fingerprint density at radius 3 is 1.42 bits per heavy atom. The van der Waals surface area contributed by atoms with Crippen LogP contribution in [0.3, 0.4) is 0 Å². The molecule has 0 aromatic heterocycles. The van der Waals surface area contributed by atoms with Crippen LogP contribution in [-0.4, -0.2) is 12.3 Å². The first-order chi connectivity index (χ1) is 34.0. The molecule has 4 heterocycles. The second-order valence-electron chi connectivity index (χ2n) is 24.5. The Hall–Kier alpha value is -6.78. The van der Waals surface area contributed by atoms with Gasteiger partial charge in [0.2, 0.25) is 0 Å². The SMILES string of the molecule is CC(C)(C)c1ccc(-c2ccc(N3c4cc(N5c6ccc(-c7ccccc7)cc6C6(C)CCCCC56C)cc5c4B4c6c3cccc6C(C)(C)c3cccc(c34)N5c3ccc(C(C)(C)C)cc3)cc2)cc1. The number of benzene rings is 8. The van der Waals surface area contributed by atoms with Crippen molar-refractivity contribution in [2.24, 2.45) is 0 Å². The molecule has 1 aliphatic carbocycles. The molecule has 0 spiro atoms. The minimum atomic E-state index is -0.212. The van der Waals surface area contributed by atoms with Crippen LogP contribution in [-0.2, 0) is 21.7 Å². The van der Waals surface area contributed by atoms with Gasteiger partial charge in [-0.1, -0.05) is 184 Å². The van der Waals surface area contributed by atoms with Gasteiger partial charge in [0.25, 0.3) is 6.71 Å². The maximum Gasteiger partial charge on any atom is 0.252 e. The zero-order valence-corrected chi connectivity index (χ0v) is 43.4. The van der Waals surface area contributed by atoms with Crippen molar-refractivity contribution in [2.45, 2.75) is 122 Å². The Morgan fingerprint density at radius 1 is 0.394 bits per heavy atom. The van der Waals surface area contributed by atoms with Crippen LogP contribution >= 0.6 is 0 Å². The highest BCUT2D eigenvalue weighted by Crippen LogP contribution is 2.62. The summed E-state index contributed by atoms with van der Waals surface area (Å²) in [5.41, 5.74) is 26.2. The standard InChI is InChI=1S/C67H66BN3/c1-63(2,3)47-29-24-44(25-30-47)45-26-33-49(34-27-45)69-56-22-16-20-52-60(56)68-61-53(65(52,7)8)21-17-23-57(61)70(50-35-31-48(32-36-50)64(4,5)6)59-42-51(41-58(69)62(59)68)71-55-37-28-46(43-18-12-11-13-19-43)40-54(55)66(9)38-14-15-39-67(66,71)10/h11-13,16-37,40-42H,14-15,38-39H2,1-10H3. The zero-order chi connectivity index (χ0) is 49.0. The van der Waals surface area contributed by atoms with E-state index in [2.05, 4.69) is 254 Å². The molecule has 0 saturated heterocycles. The van der Waals surface area contributed by atoms with Crippen LogP contribution < -0.4 is 31.1 Å². The van der Waals surface area contributed by atoms with Crippen LogP contribution in [0, 0.1) is 0 Å². The van der Waals surface area contributed by atoms with E-state index < -0.39 is 0 Å². The maximum atomic E-state index is 2.80. The molecule has 5 aliphatic rings. The van der Waals surface area contributed by atoms with Crippen molar-refractivity contribution in [3.05, 3.63) is 198 Å². The van der Waals surface area contributed by atoms with Crippen molar-refractivity contribution < 1.29 is 0 Å². The normalized spacial score (nSPS) is 20.1. The molecule has 1 fully saturated rings. The molecule has 13 rings (SSSR count). The van der Waals surface area contributed by atoms with Crippen LogP contribution in [0.25, 0.3) is 22.3 Å². The molecular formula is C67H66BN3. The molecule has 3 nitrogen and oxygen atoms in total. The van der Waals surface area contributed by atoms with Gasteiger partial charge in [-0.15, -0.1) is 0 Å². The first kappa shape index (κ1) is 44.2. The average molecular weight is 924 g/mol. The molecular weight excluding hydrogens is 858 g/mol. The first-order valence-corrected chi connectivity index (χ1v) is 26.3. The lowest BCUT2D eigenvalue weighted by Gasteiger charge is -2.52. The second-order valence-corrected chi connectivity index (χ2v) is 24.5. The molecule has 8 aromatic rings. The summed E-state index contributed by atoms with van der Waals surface area (Å²) in [4.78, 5) is 8.08. The number of hydrogen-bond donors (Lipinski definition) is 0. The summed E-state index contributed by atoms with van der Waals surface area (Å²) in [5.74, 6) is 0. The van der Waals surface area contributed by atoms with E-state index in [1.807, 2.05) is 0 Å². The topological polar surface area (TPSA) is 9.72 Å². The molecule has 1 saturated carbocycles. The smallest absolute Gasteiger partial charge is 0.252 e. The lowest BCUT2D eigenvalue weighted by molar-refractivity contribution is 0.195. The monoisotopic (exact) mass is 924 g/mol. The van der Waals surface area contributed by atoms with Gasteiger partial charge in [0, 0.05) is 56.3 Å². The minimum absolute atomic E-state index is 0.0399. The zero-order valence-electron chi connectivity index (χ0n) is 43.4. The molecule has 0 N–H and O–H groups in total. The second kappa shape index (κ2) is 15.1. The molecule has 71 heavy (non-hydrogen) atoms. The Balaban J connectivity index is 1.09. The predicted molar refractivity (Wildman–Crippen MR) is 304 cm³/mol. The van der Waals surface area contributed by atoms with Gasteiger partial charge in [0.1, 0.15) is 0 Å². The average Bonchev–Trinajstić information content (AvgIpc) is 3.58. The quantitative estimate of drug-likeness (QED) is 0.159. The van der Waals surface area contributed by atoms with E-state index in [-0.39, 0.29) is 33.9 Å². The van der Waals surface area contributed by atoms with E-state index in [4.69, 9.17) is 0 Å². The van der Waals surface area contributed by atoms with E-state index in [9.17, 15) is 0 Å². The van der Waals surface area contributed by atoms with E-state index >= 15 is 0 Å². The molecule has 2 unspecified atom stereocenters. The molecule has 352 valence electrons. The van der Waals surface area contributed by atoms with Gasteiger partial charge in [-0.3, -0.25) is 0 Å². The molecule has 0 amide bonds. The fraction of sp³-hybridized carbons (Fsp3) is 0.284. The van der Waals surface area contributed by atoms with E-state index in [1.165, 1.54) is 125 Å². The maximum absolute atomic E-state index is 2.80. The summed E-state index contributed by atoms with van der Waals surface area (Å²) in [6, 6.07) is 66.0. The molecule has 4 aliphatic heterocycles. The Labute approximate surface area is 423 Å². The molecule has 8 aromatic carbocycles. The van der Waals surface area contributed by atoms with Gasteiger partial charge in [0.05, 0.1) is 5.54 Å². The summed E-state index contributed by atoms with van der Waals surface area (Å²) in [6.45, 7) is 24.0. The summed E-state index contributed by atoms with van der Waals surface area (Å²) >= 11 is 0. The van der Waals surface area contributed by atoms with Gasteiger partial charge in [-0.05, 0) is 158 Å². The Bertz CT molecular complexity index is 3450. The lowest BCUT2D eigenvalue weighted by atomic mass is 9.28. The summed E-state index contributed by atoms with van der Waals surface area (Å²) in [5, 5.41) is 0. The van der Waals surface area contributed by atoms with Gasteiger partial charge in [-0.25, -0.2) is 0 Å². The highest BCUT2D eigenvalue weighted by atomic mass is 15.3. The fourth-order valence-electron chi connectivity index (χ4n) is 14.0. The van der Waals surface area contributed by atoms with Crippen molar-refractivity contribution in [3.8, 4) is 22.3 Å². The van der Waals surface area contributed by atoms with Crippen molar-refractivity contribution in [2.75, 3.05) is 14.7 Å². The highest BCUT2D eigenvalue weighted by Gasteiger charge is 2.59. The van der Waals surface area contributed by atoms with Gasteiger partial charge < -0.3 is 14.7 Å². The van der Waals surface area contributed by atoms with Gasteiger partial charge in [0.15, 0.2) is 0 Å². The van der Waals surface area contributed by atoms with E-state index in [1.54, 1.807) is 0 Å². The van der Waals surface area contributed by atoms with Crippen LogP contribution in [0.1, 0.15) is 123 Å². The predicted octanol–water partition coefficient (Wildman–Crippen LogP) is 16.1. The third-order valence-electron chi connectivity index (χ3n) is 18.1. The largest absolute Gasteiger partial charge is 0.334 e. The highest BCUT2D eigenvalue weighted by molar-refractivity contribution is 7.01. The Morgan fingerprint density at radius 2 is 0.873 bits per heavy atom.